The van der Waals surface area contributed by atoms with Crippen LogP contribution in [0.15, 0.2) is 53.7 Å². The molecule has 1 saturated heterocycles. The Bertz CT molecular complexity index is 1060. The van der Waals surface area contributed by atoms with E-state index in [2.05, 4.69) is 50.1 Å². The summed E-state index contributed by atoms with van der Waals surface area (Å²) in [6.07, 6.45) is 0. The maximum atomic E-state index is 10.9. The van der Waals surface area contributed by atoms with Crippen LogP contribution in [0.4, 0.5) is 11.4 Å². The van der Waals surface area contributed by atoms with Gasteiger partial charge >= 0.3 is 0 Å². The summed E-state index contributed by atoms with van der Waals surface area (Å²) < 4.78 is 1.87. The molecule has 156 valence electrons. The van der Waals surface area contributed by atoms with Crippen LogP contribution in [-0.2, 0) is 6.67 Å². The number of aromatic nitrogens is 1. The minimum absolute atomic E-state index is 0.0855. The molecule has 0 saturated carbocycles. The van der Waals surface area contributed by atoms with Gasteiger partial charge in [0, 0.05) is 42.4 Å². The smallest absolute Gasteiger partial charge is 0.254 e. The highest BCUT2D eigenvalue weighted by Crippen LogP contribution is 2.36. The van der Waals surface area contributed by atoms with E-state index in [4.69, 9.17) is 12.2 Å². The van der Waals surface area contributed by atoms with Crippen LogP contribution < -0.4 is 15.8 Å². The first kappa shape index (κ1) is 20.1. The van der Waals surface area contributed by atoms with Gasteiger partial charge in [-0.1, -0.05) is 29.8 Å². The molecule has 2 aromatic carbocycles. The van der Waals surface area contributed by atoms with Crippen LogP contribution in [0.25, 0.3) is 10.9 Å². The van der Waals surface area contributed by atoms with Crippen molar-refractivity contribution >= 4 is 39.6 Å². The van der Waals surface area contributed by atoms with Gasteiger partial charge in [0.2, 0.25) is 5.88 Å². The highest BCUT2D eigenvalue weighted by molar-refractivity contribution is 7.80. The molecular formula is C21H24N6O2S. The van der Waals surface area contributed by atoms with Crippen molar-refractivity contribution in [3.63, 3.8) is 0 Å². The number of aryl methyl sites for hydroxylation is 1. The van der Waals surface area contributed by atoms with Gasteiger partial charge in [-0.25, -0.2) is 0 Å². The normalized spacial score (nSPS) is 14.6. The van der Waals surface area contributed by atoms with Gasteiger partial charge in [-0.2, -0.15) is 0 Å². The molecule has 0 bridgehead atoms. The Morgan fingerprint density at radius 2 is 1.87 bits per heavy atom. The van der Waals surface area contributed by atoms with Gasteiger partial charge in [-0.05, 0) is 43.4 Å². The van der Waals surface area contributed by atoms with E-state index >= 15 is 0 Å². The van der Waals surface area contributed by atoms with Gasteiger partial charge in [-0.3, -0.25) is 20.3 Å². The minimum atomic E-state index is -0.222. The van der Waals surface area contributed by atoms with E-state index in [1.165, 1.54) is 5.69 Å². The van der Waals surface area contributed by atoms with E-state index < -0.39 is 0 Å². The van der Waals surface area contributed by atoms with Crippen LogP contribution >= 0.6 is 12.2 Å². The number of hydrazine groups is 1. The van der Waals surface area contributed by atoms with E-state index in [0.29, 0.717) is 12.4 Å². The van der Waals surface area contributed by atoms with Crippen LogP contribution in [0, 0.1) is 11.8 Å². The summed E-state index contributed by atoms with van der Waals surface area (Å²) in [6, 6.07) is 16.4. The molecule has 1 fully saturated rings. The number of nitroso groups, excluding NO2 is 1. The fraction of sp³-hybridized carbons (Fsp3) is 0.286. The van der Waals surface area contributed by atoms with Crippen LogP contribution in [-0.4, -0.2) is 45.9 Å². The molecular weight excluding hydrogens is 400 g/mol. The van der Waals surface area contributed by atoms with Crippen LogP contribution in [0.1, 0.15) is 5.56 Å². The first-order chi connectivity index (χ1) is 14.6. The average molecular weight is 425 g/mol. The van der Waals surface area contributed by atoms with Crippen LogP contribution in [0.5, 0.6) is 5.88 Å². The largest absolute Gasteiger partial charge is 0.493 e. The number of fused-ring (bicyclic) bond motifs is 1. The van der Waals surface area contributed by atoms with E-state index in [1.807, 2.05) is 35.8 Å². The molecule has 2 heterocycles. The molecule has 4 rings (SSSR count). The zero-order valence-electron chi connectivity index (χ0n) is 16.7. The molecule has 9 heteroatoms. The monoisotopic (exact) mass is 424 g/mol. The fourth-order valence-corrected chi connectivity index (χ4v) is 3.90. The number of thiocarbonyl (C=S) groups is 1. The van der Waals surface area contributed by atoms with Crippen molar-refractivity contribution in [3.8, 4) is 5.88 Å². The number of hydrogen-bond donors (Lipinski definition) is 3. The number of benzene rings is 2. The summed E-state index contributed by atoms with van der Waals surface area (Å²) in [5.74, 6) is 0.0855. The third-order valence-corrected chi connectivity index (χ3v) is 5.58. The van der Waals surface area contributed by atoms with E-state index in [9.17, 15) is 10.0 Å². The molecule has 0 amide bonds. The standard InChI is InChI=1S/C21H24N6O2S/c1-15-7-8-18-17(13-15)19(22-23-21(30)24-29)20(28)27(18)14-25-9-11-26(12-10-25)16-5-3-2-4-6-16/h2-8,13,22,28H,9-12,14H2,1H3,(H,23,30). The number of anilines is 2. The quantitative estimate of drug-likeness (QED) is 0.329. The Morgan fingerprint density at radius 1 is 1.13 bits per heavy atom. The van der Waals surface area contributed by atoms with Crippen molar-refractivity contribution < 1.29 is 5.11 Å². The summed E-state index contributed by atoms with van der Waals surface area (Å²) >= 11 is 4.78. The molecule has 30 heavy (non-hydrogen) atoms. The van der Waals surface area contributed by atoms with Gasteiger partial charge in [0.25, 0.3) is 5.11 Å². The highest BCUT2D eigenvalue weighted by atomic mass is 32.1. The number of piperazine rings is 1. The summed E-state index contributed by atoms with van der Waals surface area (Å²) in [5, 5.41) is 14.2. The van der Waals surface area contributed by atoms with E-state index in [1.54, 1.807) is 0 Å². The Balaban J connectivity index is 1.53. The van der Waals surface area contributed by atoms with E-state index in [0.717, 1.165) is 42.6 Å². The maximum Gasteiger partial charge on any atom is 0.254 e. The molecule has 0 atom stereocenters. The van der Waals surface area contributed by atoms with Crippen molar-refractivity contribution in [3.05, 3.63) is 59.0 Å². The molecule has 1 aromatic heterocycles. The summed E-state index contributed by atoms with van der Waals surface area (Å²) in [4.78, 5) is 15.2. The van der Waals surface area contributed by atoms with Crippen molar-refractivity contribution in [2.45, 2.75) is 13.6 Å². The number of hydrogen-bond acceptors (Lipinski definition) is 6. The molecule has 0 radical (unpaired) electrons. The fourth-order valence-electron chi connectivity index (χ4n) is 3.85. The minimum Gasteiger partial charge on any atom is -0.493 e. The predicted molar refractivity (Wildman–Crippen MR) is 124 cm³/mol. The van der Waals surface area contributed by atoms with Crippen molar-refractivity contribution in [2.75, 3.05) is 36.5 Å². The summed E-state index contributed by atoms with van der Waals surface area (Å²) in [6.45, 7) is 6.18. The predicted octanol–water partition coefficient (Wildman–Crippen LogP) is 3.40. The third-order valence-electron chi connectivity index (χ3n) is 5.40. The van der Waals surface area contributed by atoms with Crippen molar-refractivity contribution in [1.82, 2.24) is 14.9 Å². The molecule has 0 unspecified atom stereocenters. The lowest BCUT2D eigenvalue weighted by Crippen LogP contribution is -2.46. The van der Waals surface area contributed by atoms with Gasteiger partial charge in [0.05, 0.1) is 12.2 Å². The SMILES string of the molecule is Cc1ccc2c(c1)c(NNC(=S)N=O)c(O)n2CN1CCN(c2ccccc2)CC1. The second kappa shape index (κ2) is 8.68. The Labute approximate surface area is 180 Å². The van der Waals surface area contributed by atoms with Gasteiger partial charge in [0.1, 0.15) is 5.69 Å². The third kappa shape index (κ3) is 4.07. The number of aromatic hydroxyl groups is 1. The molecule has 3 aromatic rings. The molecule has 1 aliphatic rings. The number of rotatable bonds is 5. The summed E-state index contributed by atoms with van der Waals surface area (Å²) in [7, 11) is 0. The Kier molecular flexibility index (Phi) is 5.82. The van der Waals surface area contributed by atoms with Crippen LogP contribution in [0.3, 0.4) is 0 Å². The summed E-state index contributed by atoms with van der Waals surface area (Å²) in [5.41, 5.74) is 9.06. The lowest BCUT2D eigenvalue weighted by atomic mass is 10.1. The van der Waals surface area contributed by atoms with Gasteiger partial charge in [-0.15, -0.1) is 4.91 Å². The lowest BCUT2D eigenvalue weighted by molar-refractivity contribution is 0.200. The molecule has 0 spiro atoms. The number of para-hydroxylation sites is 1. The average Bonchev–Trinajstić information content (AvgIpc) is 3.03. The highest BCUT2D eigenvalue weighted by Gasteiger charge is 2.22. The van der Waals surface area contributed by atoms with E-state index in [-0.39, 0.29) is 11.0 Å². The maximum absolute atomic E-state index is 10.9. The molecule has 3 N–H and O–H groups in total. The first-order valence-electron chi connectivity index (χ1n) is 9.80. The second-order valence-corrected chi connectivity index (χ2v) is 7.76. The molecule has 8 nitrogen and oxygen atoms in total. The van der Waals surface area contributed by atoms with Crippen molar-refractivity contribution in [1.29, 1.82) is 0 Å². The Hall–Kier alpha value is -3.17. The number of nitrogens with one attached hydrogen (secondary N) is 2. The zero-order valence-corrected chi connectivity index (χ0v) is 17.5. The Morgan fingerprint density at radius 3 is 2.57 bits per heavy atom. The first-order valence-corrected chi connectivity index (χ1v) is 10.2. The molecule has 0 aliphatic carbocycles. The second-order valence-electron chi connectivity index (χ2n) is 7.38. The van der Waals surface area contributed by atoms with Crippen LogP contribution in [0.2, 0.25) is 0 Å². The van der Waals surface area contributed by atoms with Gasteiger partial charge < -0.3 is 10.0 Å². The lowest BCUT2D eigenvalue weighted by Gasteiger charge is -2.36. The molecule has 1 aliphatic heterocycles. The number of nitrogens with zero attached hydrogens (tertiary/aromatic N) is 4. The van der Waals surface area contributed by atoms with Crippen molar-refractivity contribution in [2.24, 2.45) is 5.18 Å². The zero-order chi connectivity index (χ0) is 21.1. The topological polar surface area (TPSA) is 85.1 Å². The van der Waals surface area contributed by atoms with Gasteiger partial charge in [0.15, 0.2) is 0 Å².